The first kappa shape index (κ1) is 15.5. The highest BCUT2D eigenvalue weighted by Crippen LogP contribution is 2.17. The number of nitrogens with two attached hydrogens (primary N) is 1. The molecule has 1 aliphatic rings. The highest BCUT2D eigenvalue weighted by Gasteiger charge is 2.34. The molecule has 1 amide bonds. The van der Waals surface area contributed by atoms with Gasteiger partial charge in [0.05, 0.1) is 19.3 Å². The summed E-state index contributed by atoms with van der Waals surface area (Å²) in [6.07, 6.45) is 0. The van der Waals surface area contributed by atoms with E-state index in [1.165, 1.54) is 6.07 Å². The molecule has 2 N–H and O–H groups in total. The van der Waals surface area contributed by atoms with Crippen LogP contribution in [0, 0.1) is 11.6 Å². The summed E-state index contributed by atoms with van der Waals surface area (Å²) in [6.45, 7) is 2.46. The van der Waals surface area contributed by atoms with Crippen LogP contribution in [0.25, 0.3) is 0 Å². The van der Waals surface area contributed by atoms with Gasteiger partial charge in [-0.3, -0.25) is 14.5 Å². The van der Waals surface area contributed by atoms with Crippen LogP contribution in [-0.4, -0.2) is 48.4 Å². The highest BCUT2D eigenvalue weighted by molar-refractivity contribution is 6.00. The summed E-state index contributed by atoms with van der Waals surface area (Å²) in [5.41, 5.74) is 5.35. The number of rotatable bonds is 4. The minimum absolute atomic E-state index is 0.0520. The minimum Gasteiger partial charge on any atom is -0.378 e. The molecule has 114 valence electrons. The molecule has 1 fully saturated rings. The molecule has 1 aliphatic heterocycles. The first-order valence-corrected chi connectivity index (χ1v) is 6.54. The van der Waals surface area contributed by atoms with E-state index in [1.54, 1.807) is 11.8 Å². The number of morpholine rings is 1. The number of Topliss-reactive ketones (excluding diaryl/α,β-unsaturated/α-hetero) is 1. The summed E-state index contributed by atoms with van der Waals surface area (Å²) in [4.78, 5) is 25.4. The van der Waals surface area contributed by atoms with Crippen molar-refractivity contribution in [3.8, 4) is 0 Å². The number of benzene rings is 1. The second-order valence-electron chi connectivity index (χ2n) is 4.90. The van der Waals surface area contributed by atoms with Crippen LogP contribution in [-0.2, 0) is 9.53 Å². The van der Waals surface area contributed by atoms with Crippen molar-refractivity contribution in [1.82, 2.24) is 4.90 Å². The van der Waals surface area contributed by atoms with Crippen molar-refractivity contribution in [1.29, 1.82) is 0 Å². The zero-order valence-corrected chi connectivity index (χ0v) is 11.5. The molecule has 2 unspecified atom stereocenters. The summed E-state index contributed by atoms with van der Waals surface area (Å²) in [6, 6.07) is 1.59. The van der Waals surface area contributed by atoms with Gasteiger partial charge in [0.1, 0.15) is 6.04 Å². The second kappa shape index (κ2) is 6.28. The summed E-state index contributed by atoms with van der Waals surface area (Å²) in [5.74, 6) is -3.08. The van der Waals surface area contributed by atoms with Crippen molar-refractivity contribution >= 4 is 11.7 Å². The van der Waals surface area contributed by atoms with Crippen LogP contribution >= 0.6 is 0 Å². The van der Waals surface area contributed by atoms with Crippen molar-refractivity contribution in [3.05, 3.63) is 35.4 Å². The number of primary amides is 1. The molecule has 0 aromatic heterocycles. The predicted molar refractivity (Wildman–Crippen MR) is 70.7 cm³/mol. The van der Waals surface area contributed by atoms with Crippen LogP contribution in [0.2, 0.25) is 0 Å². The molecule has 0 radical (unpaired) electrons. The van der Waals surface area contributed by atoms with E-state index >= 15 is 0 Å². The molecule has 7 heteroatoms. The summed E-state index contributed by atoms with van der Waals surface area (Å²) >= 11 is 0. The van der Waals surface area contributed by atoms with Gasteiger partial charge in [0.25, 0.3) is 0 Å². The molecular formula is C14H16F2N2O3. The smallest absolute Gasteiger partial charge is 0.237 e. The largest absolute Gasteiger partial charge is 0.378 e. The van der Waals surface area contributed by atoms with Crippen molar-refractivity contribution in [2.45, 2.75) is 19.0 Å². The average molecular weight is 298 g/mol. The first-order valence-electron chi connectivity index (χ1n) is 6.54. The van der Waals surface area contributed by atoms with Crippen molar-refractivity contribution in [2.75, 3.05) is 19.8 Å². The molecule has 2 atom stereocenters. The van der Waals surface area contributed by atoms with E-state index < -0.39 is 35.4 Å². The zero-order chi connectivity index (χ0) is 15.6. The van der Waals surface area contributed by atoms with E-state index in [-0.39, 0.29) is 12.2 Å². The normalized spacial score (nSPS) is 21.0. The number of hydrogen-bond donors (Lipinski definition) is 1. The lowest BCUT2D eigenvalue weighted by atomic mass is 10.0. The maximum absolute atomic E-state index is 13.2. The van der Waals surface area contributed by atoms with Crippen LogP contribution < -0.4 is 5.73 Å². The molecule has 1 aromatic rings. The fourth-order valence-corrected chi connectivity index (χ4v) is 2.37. The van der Waals surface area contributed by atoms with E-state index in [9.17, 15) is 18.4 Å². The quantitative estimate of drug-likeness (QED) is 0.831. The monoisotopic (exact) mass is 298 g/mol. The van der Waals surface area contributed by atoms with Crippen LogP contribution in [0.1, 0.15) is 17.3 Å². The van der Waals surface area contributed by atoms with Crippen molar-refractivity contribution in [3.63, 3.8) is 0 Å². The third kappa shape index (κ3) is 3.25. The standard InChI is InChI=1S/C14H16F2N2O3/c1-8(18-4-5-21-7-12(18)14(17)20)13(19)9-2-3-10(15)11(16)6-9/h2-3,6,8,12H,4-5,7H2,1H3,(H2,17,20). The Morgan fingerprint density at radius 2 is 2.10 bits per heavy atom. The predicted octanol–water partition coefficient (Wildman–Crippen LogP) is 0.722. The number of amides is 1. The average Bonchev–Trinajstić information content (AvgIpc) is 2.48. The second-order valence-corrected chi connectivity index (χ2v) is 4.90. The summed E-state index contributed by atoms with van der Waals surface area (Å²) < 4.78 is 31.3. The Morgan fingerprint density at radius 1 is 1.38 bits per heavy atom. The first-order chi connectivity index (χ1) is 9.91. The summed E-state index contributed by atoms with van der Waals surface area (Å²) in [7, 11) is 0. The third-order valence-corrected chi connectivity index (χ3v) is 3.58. The molecule has 1 aromatic carbocycles. The van der Waals surface area contributed by atoms with Crippen LogP contribution in [0.5, 0.6) is 0 Å². The van der Waals surface area contributed by atoms with Crippen LogP contribution in [0.15, 0.2) is 18.2 Å². The van der Waals surface area contributed by atoms with Crippen LogP contribution in [0.3, 0.4) is 0 Å². The van der Waals surface area contributed by atoms with Gasteiger partial charge in [0.15, 0.2) is 17.4 Å². The molecule has 0 spiro atoms. The maximum atomic E-state index is 13.2. The lowest BCUT2D eigenvalue weighted by Gasteiger charge is -2.37. The number of ether oxygens (including phenoxy) is 1. The van der Waals surface area contributed by atoms with Gasteiger partial charge < -0.3 is 10.5 Å². The van der Waals surface area contributed by atoms with E-state index in [4.69, 9.17) is 10.5 Å². The van der Waals surface area contributed by atoms with E-state index in [1.807, 2.05) is 0 Å². The van der Waals surface area contributed by atoms with E-state index in [0.29, 0.717) is 13.2 Å². The molecule has 1 saturated heterocycles. The molecule has 21 heavy (non-hydrogen) atoms. The molecule has 5 nitrogen and oxygen atoms in total. The Bertz CT molecular complexity index is 565. The van der Waals surface area contributed by atoms with Gasteiger partial charge in [-0.1, -0.05) is 0 Å². The van der Waals surface area contributed by atoms with Gasteiger partial charge in [-0.15, -0.1) is 0 Å². The zero-order valence-electron chi connectivity index (χ0n) is 11.5. The summed E-state index contributed by atoms with van der Waals surface area (Å²) in [5, 5.41) is 0. The number of ketones is 1. The molecule has 0 bridgehead atoms. The number of carbonyl (C=O) groups is 2. The van der Waals surface area contributed by atoms with Gasteiger partial charge in [-0.2, -0.15) is 0 Å². The van der Waals surface area contributed by atoms with Gasteiger partial charge in [0, 0.05) is 12.1 Å². The van der Waals surface area contributed by atoms with E-state index in [2.05, 4.69) is 0 Å². The lowest BCUT2D eigenvalue weighted by Crippen LogP contribution is -2.57. The van der Waals surface area contributed by atoms with Crippen molar-refractivity contribution in [2.24, 2.45) is 5.73 Å². The minimum atomic E-state index is -1.08. The van der Waals surface area contributed by atoms with Gasteiger partial charge in [-0.25, -0.2) is 8.78 Å². The molecule has 0 saturated carbocycles. The number of carbonyl (C=O) groups excluding carboxylic acids is 2. The molecule has 1 heterocycles. The number of hydrogen-bond acceptors (Lipinski definition) is 4. The lowest BCUT2D eigenvalue weighted by molar-refractivity contribution is -0.130. The number of nitrogens with zero attached hydrogens (tertiary/aromatic N) is 1. The maximum Gasteiger partial charge on any atom is 0.237 e. The Labute approximate surface area is 120 Å². The number of halogens is 2. The molecule has 0 aliphatic carbocycles. The molecular weight excluding hydrogens is 282 g/mol. The SMILES string of the molecule is CC(C(=O)c1ccc(F)c(F)c1)N1CCOCC1C(N)=O. The fourth-order valence-electron chi connectivity index (χ4n) is 2.37. The molecule has 2 rings (SSSR count). The van der Waals surface area contributed by atoms with Gasteiger partial charge >= 0.3 is 0 Å². The van der Waals surface area contributed by atoms with Crippen LogP contribution in [0.4, 0.5) is 8.78 Å². The Hall–Kier alpha value is -1.86. The van der Waals surface area contributed by atoms with E-state index in [0.717, 1.165) is 12.1 Å². The fraction of sp³-hybridized carbons (Fsp3) is 0.429. The Balaban J connectivity index is 2.20. The van der Waals surface area contributed by atoms with Gasteiger partial charge in [0.2, 0.25) is 5.91 Å². The third-order valence-electron chi connectivity index (χ3n) is 3.58. The van der Waals surface area contributed by atoms with Crippen molar-refractivity contribution < 1.29 is 23.1 Å². The Kier molecular flexibility index (Phi) is 4.64. The Morgan fingerprint density at radius 3 is 2.71 bits per heavy atom. The van der Waals surface area contributed by atoms with Gasteiger partial charge in [-0.05, 0) is 25.1 Å². The topological polar surface area (TPSA) is 72.6 Å². The highest BCUT2D eigenvalue weighted by atomic mass is 19.2.